The lowest BCUT2D eigenvalue weighted by Gasteiger charge is -1.97. The van der Waals surface area contributed by atoms with Gasteiger partial charge in [-0.25, -0.2) is 4.98 Å². The number of hydrogen-bond donors (Lipinski definition) is 2. The lowest BCUT2D eigenvalue weighted by Crippen LogP contribution is -1.93. The molecule has 0 radical (unpaired) electrons. The van der Waals surface area contributed by atoms with E-state index in [0.717, 1.165) is 0 Å². The molecule has 3 N–H and O–H groups in total. The maximum atomic E-state index is 8.61. The van der Waals surface area contributed by atoms with Crippen LogP contribution < -0.4 is 5.73 Å². The number of aromatic nitrogens is 1. The molecule has 0 saturated heterocycles. The summed E-state index contributed by atoms with van der Waals surface area (Å²) in [4.78, 5) is 3.74. The highest BCUT2D eigenvalue weighted by Gasteiger charge is 1.97. The van der Waals surface area contributed by atoms with Gasteiger partial charge in [-0.1, -0.05) is 11.6 Å². The van der Waals surface area contributed by atoms with Crippen molar-refractivity contribution in [2.45, 2.75) is 6.61 Å². The van der Waals surface area contributed by atoms with Crippen LogP contribution in [0.4, 0.5) is 5.82 Å². The third-order valence-corrected chi connectivity index (χ3v) is 1.41. The highest BCUT2D eigenvalue weighted by Crippen LogP contribution is 2.16. The van der Waals surface area contributed by atoms with Crippen LogP contribution in [0.2, 0.25) is 5.02 Å². The van der Waals surface area contributed by atoms with Crippen LogP contribution >= 0.6 is 11.6 Å². The first kappa shape index (κ1) is 7.31. The maximum Gasteiger partial charge on any atom is 0.142 e. The Bertz CT molecular complexity index is 239. The van der Waals surface area contributed by atoms with E-state index >= 15 is 0 Å². The first-order valence-corrected chi connectivity index (χ1v) is 3.12. The third-order valence-electron chi connectivity index (χ3n) is 1.11. The molecule has 1 aromatic heterocycles. The minimum Gasteiger partial charge on any atom is -0.392 e. The smallest absolute Gasteiger partial charge is 0.142 e. The molecule has 0 amide bonds. The molecule has 0 fully saturated rings. The molecule has 0 atom stereocenters. The van der Waals surface area contributed by atoms with E-state index in [0.29, 0.717) is 16.4 Å². The van der Waals surface area contributed by atoms with Gasteiger partial charge in [-0.05, 0) is 11.6 Å². The lowest BCUT2D eigenvalue weighted by atomic mass is 10.3. The normalized spacial score (nSPS) is 9.80. The molecule has 0 unspecified atom stereocenters. The van der Waals surface area contributed by atoms with Crippen LogP contribution in [0.15, 0.2) is 12.3 Å². The topological polar surface area (TPSA) is 59.1 Å². The molecule has 0 aliphatic rings. The fraction of sp³-hybridized carbons (Fsp3) is 0.167. The van der Waals surface area contributed by atoms with Crippen LogP contribution in [0.5, 0.6) is 0 Å². The number of hydrogen-bond acceptors (Lipinski definition) is 3. The molecule has 1 rings (SSSR count). The molecule has 0 spiro atoms. The Morgan fingerprint density at radius 2 is 2.40 bits per heavy atom. The van der Waals surface area contributed by atoms with E-state index in [-0.39, 0.29) is 6.61 Å². The van der Waals surface area contributed by atoms with Crippen molar-refractivity contribution in [2.24, 2.45) is 0 Å². The Hall–Kier alpha value is -0.800. The van der Waals surface area contributed by atoms with Crippen LogP contribution in [-0.4, -0.2) is 10.1 Å². The van der Waals surface area contributed by atoms with Crippen molar-refractivity contribution in [1.29, 1.82) is 0 Å². The summed E-state index contributed by atoms with van der Waals surface area (Å²) < 4.78 is 0. The number of aliphatic hydroxyl groups is 1. The molecule has 4 heteroatoms. The summed E-state index contributed by atoms with van der Waals surface area (Å²) in [6, 6.07) is 1.59. The second-order valence-corrected chi connectivity index (χ2v) is 2.28. The van der Waals surface area contributed by atoms with Crippen LogP contribution in [0, 0.1) is 0 Å². The summed E-state index contributed by atoms with van der Waals surface area (Å²) in [5, 5.41) is 8.99. The quantitative estimate of drug-likeness (QED) is 0.636. The molecule has 0 aliphatic heterocycles. The highest BCUT2D eigenvalue weighted by molar-refractivity contribution is 6.32. The number of rotatable bonds is 1. The van der Waals surface area contributed by atoms with Gasteiger partial charge in [0.2, 0.25) is 0 Å². The minimum atomic E-state index is -0.0625. The van der Waals surface area contributed by atoms with Crippen molar-refractivity contribution in [2.75, 3.05) is 5.73 Å². The number of aliphatic hydroxyl groups excluding tert-OH is 1. The zero-order valence-corrected chi connectivity index (χ0v) is 5.97. The van der Waals surface area contributed by atoms with E-state index in [9.17, 15) is 0 Å². The van der Waals surface area contributed by atoms with E-state index in [1.165, 1.54) is 6.20 Å². The lowest BCUT2D eigenvalue weighted by molar-refractivity contribution is 0.281. The zero-order valence-electron chi connectivity index (χ0n) is 5.21. The number of nitrogens with zero attached hydrogens (tertiary/aromatic N) is 1. The van der Waals surface area contributed by atoms with E-state index < -0.39 is 0 Å². The zero-order chi connectivity index (χ0) is 7.56. The molecule has 0 aromatic carbocycles. The summed E-state index contributed by atoms with van der Waals surface area (Å²) in [7, 11) is 0. The van der Waals surface area contributed by atoms with Gasteiger partial charge < -0.3 is 10.8 Å². The molecule has 3 nitrogen and oxygen atoms in total. The second-order valence-electron chi connectivity index (χ2n) is 1.87. The van der Waals surface area contributed by atoms with Gasteiger partial charge in [0.05, 0.1) is 11.6 Å². The Balaban J connectivity index is 3.04. The Kier molecular flexibility index (Phi) is 2.09. The average Bonchev–Trinajstić information content (AvgIpc) is 1.95. The number of pyridine rings is 1. The SMILES string of the molecule is Nc1ncc(CO)cc1Cl. The summed E-state index contributed by atoms with van der Waals surface area (Å²) in [6.07, 6.45) is 1.49. The van der Waals surface area contributed by atoms with Gasteiger partial charge in [-0.2, -0.15) is 0 Å². The molecular formula is C6H7ClN2O. The number of nitrogens with two attached hydrogens (primary N) is 1. The summed E-state index contributed by atoms with van der Waals surface area (Å²) in [5.41, 5.74) is 5.98. The van der Waals surface area contributed by atoms with Gasteiger partial charge in [0, 0.05) is 6.20 Å². The van der Waals surface area contributed by atoms with Crippen LogP contribution in [0.3, 0.4) is 0 Å². The van der Waals surface area contributed by atoms with Crippen molar-refractivity contribution < 1.29 is 5.11 Å². The van der Waals surface area contributed by atoms with Gasteiger partial charge in [0.25, 0.3) is 0 Å². The van der Waals surface area contributed by atoms with Crippen molar-refractivity contribution in [3.05, 3.63) is 22.8 Å². The average molecular weight is 159 g/mol. The Labute approximate surface area is 63.5 Å². The number of halogens is 1. The van der Waals surface area contributed by atoms with Crippen LogP contribution in [0.1, 0.15) is 5.56 Å². The molecular weight excluding hydrogens is 152 g/mol. The van der Waals surface area contributed by atoms with Crippen molar-refractivity contribution >= 4 is 17.4 Å². The fourth-order valence-corrected chi connectivity index (χ4v) is 0.764. The third kappa shape index (κ3) is 1.37. The van der Waals surface area contributed by atoms with Gasteiger partial charge in [-0.15, -0.1) is 0 Å². The predicted octanol–water partition coefficient (Wildman–Crippen LogP) is 0.810. The number of nitrogen functional groups attached to an aromatic ring is 1. The van der Waals surface area contributed by atoms with Gasteiger partial charge in [0.1, 0.15) is 5.82 Å². The maximum absolute atomic E-state index is 8.61. The Morgan fingerprint density at radius 1 is 1.70 bits per heavy atom. The second kappa shape index (κ2) is 2.86. The summed E-state index contributed by atoms with van der Waals surface area (Å²) in [5.74, 6) is 0.291. The molecule has 54 valence electrons. The van der Waals surface area contributed by atoms with E-state index in [4.69, 9.17) is 22.4 Å². The molecule has 1 aromatic rings. The largest absolute Gasteiger partial charge is 0.392 e. The first-order valence-electron chi connectivity index (χ1n) is 2.75. The highest BCUT2D eigenvalue weighted by atomic mass is 35.5. The van der Waals surface area contributed by atoms with Crippen molar-refractivity contribution in [3.8, 4) is 0 Å². The monoisotopic (exact) mass is 158 g/mol. The summed E-state index contributed by atoms with van der Waals surface area (Å²) >= 11 is 5.59. The van der Waals surface area contributed by atoms with Crippen molar-refractivity contribution in [3.63, 3.8) is 0 Å². The standard InChI is InChI=1S/C6H7ClN2O/c7-5-1-4(3-10)2-9-6(5)8/h1-2,10H,3H2,(H2,8,9). The molecule has 0 bridgehead atoms. The van der Waals surface area contributed by atoms with Gasteiger partial charge in [0.15, 0.2) is 0 Å². The van der Waals surface area contributed by atoms with E-state index in [1.807, 2.05) is 0 Å². The fourth-order valence-electron chi connectivity index (χ4n) is 0.575. The molecule has 0 saturated carbocycles. The predicted molar refractivity (Wildman–Crippen MR) is 39.6 cm³/mol. The molecule has 1 heterocycles. The summed E-state index contributed by atoms with van der Waals surface area (Å²) in [6.45, 7) is -0.0625. The van der Waals surface area contributed by atoms with Crippen LogP contribution in [-0.2, 0) is 6.61 Å². The molecule has 10 heavy (non-hydrogen) atoms. The first-order chi connectivity index (χ1) is 4.74. The van der Waals surface area contributed by atoms with Crippen molar-refractivity contribution in [1.82, 2.24) is 4.98 Å². The molecule has 0 aliphatic carbocycles. The van der Waals surface area contributed by atoms with E-state index in [2.05, 4.69) is 4.98 Å². The minimum absolute atomic E-state index is 0.0625. The van der Waals surface area contributed by atoms with E-state index in [1.54, 1.807) is 6.07 Å². The Morgan fingerprint density at radius 3 is 2.90 bits per heavy atom. The van der Waals surface area contributed by atoms with Gasteiger partial charge in [-0.3, -0.25) is 0 Å². The van der Waals surface area contributed by atoms with Crippen LogP contribution in [0.25, 0.3) is 0 Å². The van der Waals surface area contributed by atoms with Gasteiger partial charge >= 0.3 is 0 Å². The number of anilines is 1.